The Hall–Kier alpha value is -2.36. The summed E-state index contributed by atoms with van der Waals surface area (Å²) in [5, 5.41) is 3.42. The molecular weight excluding hydrogens is 343 g/mol. The highest BCUT2D eigenvalue weighted by atomic mass is 32.1. The summed E-state index contributed by atoms with van der Waals surface area (Å²) in [5.74, 6) is -12.1. The Balaban J connectivity index is 2.22. The Morgan fingerprint density at radius 1 is 1.04 bits per heavy atom. The third kappa shape index (κ3) is 3.36. The maximum Gasteiger partial charge on any atom is 0.230 e. The number of carbonyl (C=O) groups is 2. The van der Waals surface area contributed by atoms with Gasteiger partial charge in [-0.1, -0.05) is 0 Å². The van der Waals surface area contributed by atoms with Crippen molar-refractivity contribution in [3.63, 3.8) is 0 Å². The van der Waals surface area contributed by atoms with Crippen LogP contribution in [0.3, 0.4) is 0 Å². The molecule has 10 heteroatoms. The molecule has 1 aromatic heterocycles. The number of amides is 1. The van der Waals surface area contributed by atoms with Gasteiger partial charge in [0.2, 0.25) is 11.7 Å². The predicted molar refractivity (Wildman–Crippen MR) is 70.7 cm³/mol. The zero-order valence-corrected chi connectivity index (χ0v) is 12.2. The number of hydrogen-bond donors (Lipinski definition) is 1. The molecule has 1 amide bonds. The third-order valence-corrected chi connectivity index (χ3v) is 3.51. The quantitative estimate of drug-likeness (QED) is 0.399. The van der Waals surface area contributed by atoms with Crippen molar-refractivity contribution >= 4 is 28.2 Å². The predicted octanol–water partition coefficient (Wildman–Crippen LogP) is 3.22. The van der Waals surface area contributed by atoms with Crippen molar-refractivity contribution in [1.82, 2.24) is 4.98 Å². The highest BCUT2D eigenvalue weighted by Gasteiger charge is 2.27. The van der Waals surface area contributed by atoms with E-state index in [1.165, 1.54) is 12.3 Å². The molecule has 0 fully saturated rings. The summed E-state index contributed by atoms with van der Waals surface area (Å²) in [7, 11) is 0. The van der Waals surface area contributed by atoms with Crippen molar-refractivity contribution in [1.29, 1.82) is 0 Å². The summed E-state index contributed by atoms with van der Waals surface area (Å²) in [6.07, 6.45) is -1.08. The minimum Gasteiger partial charge on any atom is -0.302 e. The van der Waals surface area contributed by atoms with Crippen molar-refractivity contribution in [2.24, 2.45) is 0 Å². The van der Waals surface area contributed by atoms with Crippen LogP contribution in [0.1, 0.15) is 23.0 Å². The second-order valence-corrected chi connectivity index (χ2v) is 5.23. The lowest BCUT2D eigenvalue weighted by Gasteiger charge is -2.07. The highest BCUT2D eigenvalue weighted by molar-refractivity contribution is 7.14. The summed E-state index contributed by atoms with van der Waals surface area (Å²) in [4.78, 5) is 26.4. The zero-order chi connectivity index (χ0) is 17.3. The fraction of sp³-hybridized carbons (Fsp3) is 0.154. The van der Waals surface area contributed by atoms with Gasteiger partial charge in [0.25, 0.3) is 0 Å². The first-order valence-electron chi connectivity index (χ1n) is 5.99. The van der Waals surface area contributed by atoms with Crippen LogP contribution in [-0.4, -0.2) is 16.7 Å². The number of nitrogens with zero attached hydrogens (tertiary/aromatic N) is 1. The summed E-state index contributed by atoms with van der Waals surface area (Å²) < 4.78 is 65.9. The number of hydrogen-bond acceptors (Lipinski definition) is 4. The minimum atomic E-state index is -2.30. The highest BCUT2D eigenvalue weighted by Crippen LogP contribution is 2.24. The Morgan fingerprint density at radius 2 is 1.57 bits per heavy atom. The molecule has 0 unspecified atom stereocenters. The van der Waals surface area contributed by atoms with E-state index in [-0.39, 0.29) is 16.6 Å². The minimum absolute atomic E-state index is 0.0379. The maximum absolute atomic E-state index is 13.5. The number of nitrogens with one attached hydrogen (secondary N) is 1. The van der Waals surface area contributed by atoms with Gasteiger partial charge in [0.05, 0.1) is 6.42 Å². The lowest BCUT2D eigenvalue weighted by Crippen LogP contribution is -2.18. The Kier molecular flexibility index (Phi) is 4.73. The first-order chi connectivity index (χ1) is 10.7. The molecule has 0 aliphatic rings. The van der Waals surface area contributed by atoms with E-state index in [9.17, 15) is 31.5 Å². The van der Waals surface area contributed by atoms with Crippen molar-refractivity contribution < 1.29 is 31.5 Å². The van der Waals surface area contributed by atoms with Crippen molar-refractivity contribution in [2.75, 3.05) is 5.32 Å². The van der Waals surface area contributed by atoms with E-state index in [0.717, 1.165) is 11.3 Å². The first kappa shape index (κ1) is 17.0. The molecule has 23 heavy (non-hydrogen) atoms. The van der Waals surface area contributed by atoms with Gasteiger partial charge in [-0.3, -0.25) is 9.59 Å². The van der Waals surface area contributed by atoms with Crippen LogP contribution in [0.4, 0.5) is 27.1 Å². The summed E-state index contributed by atoms with van der Waals surface area (Å²) in [6.45, 7) is 1.25. The van der Waals surface area contributed by atoms with Gasteiger partial charge in [0.15, 0.2) is 34.2 Å². The van der Waals surface area contributed by atoms with Crippen molar-refractivity contribution in [3.05, 3.63) is 45.7 Å². The Bertz CT molecular complexity index is 777. The number of halogens is 5. The van der Waals surface area contributed by atoms with E-state index in [0.29, 0.717) is 0 Å². The summed E-state index contributed by atoms with van der Waals surface area (Å²) in [6, 6.07) is 0. The number of rotatable bonds is 4. The molecule has 0 spiro atoms. The van der Waals surface area contributed by atoms with Gasteiger partial charge < -0.3 is 5.32 Å². The van der Waals surface area contributed by atoms with Crippen LogP contribution in [0.15, 0.2) is 5.38 Å². The fourth-order valence-corrected chi connectivity index (χ4v) is 2.39. The third-order valence-electron chi connectivity index (χ3n) is 2.75. The van der Waals surface area contributed by atoms with Crippen LogP contribution >= 0.6 is 11.3 Å². The molecule has 2 rings (SSSR count). The Morgan fingerprint density at radius 3 is 2.04 bits per heavy atom. The van der Waals surface area contributed by atoms with E-state index in [2.05, 4.69) is 10.3 Å². The smallest absolute Gasteiger partial charge is 0.230 e. The van der Waals surface area contributed by atoms with Crippen LogP contribution < -0.4 is 5.32 Å². The number of Topliss-reactive ketones (excluding diaryl/α,β-unsaturated/α-hetero) is 1. The molecule has 2 aromatic rings. The largest absolute Gasteiger partial charge is 0.302 e. The summed E-state index contributed by atoms with van der Waals surface area (Å²) in [5.41, 5.74) is -1.18. The molecule has 0 bridgehead atoms. The van der Waals surface area contributed by atoms with E-state index >= 15 is 0 Å². The van der Waals surface area contributed by atoms with E-state index in [4.69, 9.17) is 0 Å². The molecule has 4 nitrogen and oxygen atoms in total. The zero-order valence-electron chi connectivity index (χ0n) is 11.3. The average Bonchev–Trinajstić information content (AvgIpc) is 2.96. The standard InChI is InChI=1S/C13H7F5N2O2S/c1-4(21)6-3-23-13(19-6)20-7(22)2-5-8(14)10(16)12(18)11(17)9(5)15/h3H,2H2,1H3,(H,19,20,22). The molecule has 0 radical (unpaired) electrons. The molecule has 122 valence electrons. The normalized spacial score (nSPS) is 10.7. The fourth-order valence-electron chi connectivity index (χ4n) is 1.62. The molecule has 1 heterocycles. The van der Waals surface area contributed by atoms with Gasteiger partial charge in [-0.25, -0.2) is 26.9 Å². The van der Waals surface area contributed by atoms with Crippen molar-refractivity contribution in [3.8, 4) is 0 Å². The molecule has 0 aliphatic carbocycles. The number of thiazole rings is 1. The monoisotopic (exact) mass is 350 g/mol. The Labute approximate surface area is 130 Å². The van der Waals surface area contributed by atoms with Crippen LogP contribution in [-0.2, 0) is 11.2 Å². The van der Waals surface area contributed by atoms with Gasteiger partial charge in [-0.05, 0) is 0 Å². The number of carbonyl (C=O) groups excluding carboxylic acids is 2. The van der Waals surface area contributed by atoms with Gasteiger partial charge in [-0.2, -0.15) is 0 Å². The maximum atomic E-state index is 13.5. The summed E-state index contributed by atoms with van der Waals surface area (Å²) >= 11 is 0.874. The average molecular weight is 350 g/mol. The van der Waals surface area contributed by atoms with E-state index < -0.39 is 47.0 Å². The first-order valence-corrected chi connectivity index (χ1v) is 6.87. The molecule has 0 aliphatic heterocycles. The molecule has 1 aromatic carbocycles. The van der Waals surface area contributed by atoms with Gasteiger partial charge in [-0.15, -0.1) is 11.3 Å². The number of ketones is 1. The molecular formula is C13H7F5N2O2S. The van der Waals surface area contributed by atoms with E-state index in [1.807, 2.05) is 0 Å². The van der Waals surface area contributed by atoms with Gasteiger partial charge in [0.1, 0.15) is 5.69 Å². The SMILES string of the molecule is CC(=O)c1csc(NC(=O)Cc2c(F)c(F)c(F)c(F)c2F)n1. The topological polar surface area (TPSA) is 59.1 Å². The molecule has 0 atom stereocenters. The second-order valence-electron chi connectivity index (χ2n) is 4.37. The van der Waals surface area contributed by atoms with Crippen LogP contribution in [0.2, 0.25) is 0 Å². The van der Waals surface area contributed by atoms with Crippen LogP contribution in [0.5, 0.6) is 0 Å². The van der Waals surface area contributed by atoms with Gasteiger partial charge >= 0.3 is 0 Å². The molecule has 1 N–H and O–H groups in total. The molecule has 0 saturated heterocycles. The van der Waals surface area contributed by atoms with Crippen molar-refractivity contribution in [2.45, 2.75) is 13.3 Å². The number of anilines is 1. The lowest BCUT2D eigenvalue weighted by molar-refractivity contribution is -0.115. The lowest BCUT2D eigenvalue weighted by atomic mass is 10.1. The van der Waals surface area contributed by atoms with Crippen LogP contribution in [0.25, 0.3) is 0 Å². The molecule has 0 saturated carbocycles. The number of benzene rings is 1. The van der Waals surface area contributed by atoms with Crippen LogP contribution in [0, 0.1) is 29.1 Å². The van der Waals surface area contributed by atoms with E-state index in [1.54, 1.807) is 0 Å². The second kappa shape index (κ2) is 6.41. The van der Waals surface area contributed by atoms with Gasteiger partial charge in [0, 0.05) is 17.9 Å². The number of aromatic nitrogens is 1.